The van der Waals surface area contributed by atoms with Crippen LogP contribution in [0.5, 0.6) is 23.0 Å². The Labute approximate surface area is 190 Å². The highest BCUT2D eigenvalue weighted by Gasteiger charge is 2.40. The molecule has 1 fully saturated rings. The predicted molar refractivity (Wildman–Crippen MR) is 114 cm³/mol. The Bertz CT molecular complexity index is 1050. The summed E-state index contributed by atoms with van der Waals surface area (Å²) in [5.74, 6) is 1.54. The van der Waals surface area contributed by atoms with Gasteiger partial charge in [0.2, 0.25) is 6.29 Å². The molecule has 5 rings (SSSR count). The van der Waals surface area contributed by atoms with Gasteiger partial charge in [-0.1, -0.05) is 0 Å². The fraction of sp³-hybridized carbons (Fsp3) is 0.500. The van der Waals surface area contributed by atoms with E-state index in [1.54, 1.807) is 12.1 Å². The Hall–Kier alpha value is -2.56. The molecule has 0 aromatic heterocycles. The highest BCUT2D eigenvalue weighted by atomic mass is 16.7. The van der Waals surface area contributed by atoms with Gasteiger partial charge in [-0.05, 0) is 48.7 Å². The minimum absolute atomic E-state index is 0.0551. The van der Waals surface area contributed by atoms with Crippen LogP contribution in [0.25, 0.3) is 0 Å². The van der Waals surface area contributed by atoms with E-state index in [1.165, 1.54) is 6.07 Å². The number of hydrogen-bond acceptors (Lipinski definition) is 9. The maximum atomic E-state index is 10.4. The Balaban J connectivity index is 1.35. The molecule has 5 N–H and O–H groups in total. The van der Waals surface area contributed by atoms with Crippen molar-refractivity contribution in [1.29, 1.82) is 0 Å². The van der Waals surface area contributed by atoms with Crippen molar-refractivity contribution in [3.05, 3.63) is 47.0 Å². The third-order valence-electron chi connectivity index (χ3n) is 6.50. The van der Waals surface area contributed by atoms with E-state index in [9.17, 15) is 25.5 Å². The third-order valence-corrected chi connectivity index (χ3v) is 6.50. The van der Waals surface area contributed by atoms with Crippen LogP contribution in [0.1, 0.15) is 36.6 Å². The summed E-state index contributed by atoms with van der Waals surface area (Å²) in [6.45, 7) is 3.50. The second-order valence-electron chi connectivity index (χ2n) is 9.43. The highest BCUT2D eigenvalue weighted by Crippen LogP contribution is 2.44. The third kappa shape index (κ3) is 4.11. The molecule has 33 heavy (non-hydrogen) atoms. The zero-order valence-electron chi connectivity index (χ0n) is 18.3. The number of phenols is 1. The highest BCUT2D eigenvalue weighted by molar-refractivity contribution is 5.52. The van der Waals surface area contributed by atoms with Crippen LogP contribution in [0.15, 0.2) is 30.3 Å². The summed E-state index contributed by atoms with van der Waals surface area (Å²) >= 11 is 0. The molecule has 3 heterocycles. The summed E-state index contributed by atoms with van der Waals surface area (Å²) in [7, 11) is 0. The molecular formula is C24H28O9. The summed E-state index contributed by atoms with van der Waals surface area (Å²) in [6.07, 6.45) is -5.19. The number of rotatable bonds is 3. The van der Waals surface area contributed by atoms with Crippen molar-refractivity contribution in [2.45, 2.75) is 69.1 Å². The van der Waals surface area contributed by atoms with Gasteiger partial charge in [0.05, 0.1) is 12.7 Å². The fourth-order valence-corrected chi connectivity index (χ4v) is 4.44. The van der Waals surface area contributed by atoms with Crippen molar-refractivity contribution in [3.63, 3.8) is 0 Å². The average Bonchev–Trinajstić information content (AvgIpc) is 3.16. The molecular weight excluding hydrogens is 432 g/mol. The second-order valence-corrected chi connectivity index (χ2v) is 9.43. The van der Waals surface area contributed by atoms with Crippen molar-refractivity contribution in [2.75, 3.05) is 6.61 Å². The van der Waals surface area contributed by atoms with Gasteiger partial charge in [0.25, 0.3) is 0 Å². The Morgan fingerprint density at radius 1 is 0.909 bits per heavy atom. The van der Waals surface area contributed by atoms with Crippen LogP contribution in [0, 0.1) is 0 Å². The standard InChI is InChI=1S/C24H28O9/c1-24(2)20(27)7-12-3-11-6-17(32-18(11)9-19(12)33-24)13-4-14(25)8-15(5-13)31-23-22(29)21(28)16(26)10-30-23/h3-5,8-9,16-17,20-23,25-29H,6-7,10H2,1-2H3/t16-,17?,20?,21+,22-,23+/m1/s1. The first kappa shape index (κ1) is 22.2. The maximum Gasteiger partial charge on any atom is 0.228 e. The number of ether oxygens (including phenoxy) is 4. The van der Waals surface area contributed by atoms with Crippen molar-refractivity contribution in [3.8, 4) is 23.0 Å². The van der Waals surface area contributed by atoms with Crippen molar-refractivity contribution >= 4 is 0 Å². The van der Waals surface area contributed by atoms with Crippen LogP contribution < -0.4 is 14.2 Å². The number of aliphatic hydroxyl groups excluding tert-OH is 4. The molecule has 2 aromatic carbocycles. The molecule has 0 bridgehead atoms. The fourth-order valence-electron chi connectivity index (χ4n) is 4.44. The van der Waals surface area contributed by atoms with Crippen molar-refractivity contribution in [2.24, 2.45) is 0 Å². The number of aromatic hydroxyl groups is 1. The van der Waals surface area contributed by atoms with Crippen LogP contribution in [-0.4, -0.2) is 68.4 Å². The van der Waals surface area contributed by atoms with Crippen LogP contribution in [0.3, 0.4) is 0 Å². The Morgan fingerprint density at radius 3 is 2.45 bits per heavy atom. The molecule has 0 radical (unpaired) electrons. The SMILES string of the molecule is CC1(C)Oc2cc3c(cc2CC1O)CC(c1cc(O)cc(O[C@@H]2OC[C@@H](O)[C@H](O)[C@H]2O)c1)O3. The molecule has 0 spiro atoms. The molecule has 9 nitrogen and oxygen atoms in total. The Kier molecular flexibility index (Phi) is 5.42. The number of phenolic OH excluding ortho intramolecular Hbond substituents is 1. The molecule has 0 amide bonds. The van der Waals surface area contributed by atoms with E-state index in [1.807, 2.05) is 26.0 Å². The van der Waals surface area contributed by atoms with Gasteiger partial charge in [-0.3, -0.25) is 0 Å². The number of benzene rings is 2. The lowest BCUT2D eigenvalue weighted by molar-refractivity contribution is -0.242. The number of fused-ring (bicyclic) bond motifs is 2. The molecule has 6 atom stereocenters. The molecule has 178 valence electrons. The summed E-state index contributed by atoms with van der Waals surface area (Å²) < 4.78 is 23.1. The summed E-state index contributed by atoms with van der Waals surface area (Å²) in [5, 5.41) is 50.2. The minimum atomic E-state index is -1.45. The first-order chi connectivity index (χ1) is 15.6. The molecule has 1 saturated heterocycles. The van der Waals surface area contributed by atoms with Gasteiger partial charge in [0.1, 0.15) is 53.0 Å². The minimum Gasteiger partial charge on any atom is -0.508 e. The van der Waals surface area contributed by atoms with E-state index < -0.39 is 36.3 Å². The van der Waals surface area contributed by atoms with Gasteiger partial charge in [0.15, 0.2) is 0 Å². The van der Waals surface area contributed by atoms with Crippen LogP contribution in [0.2, 0.25) is 0 Å². The lowest BCUT2D eigenvalue weighted by atomic mass is 9.90. The van der Waals surface area contributed by atoms with Crippen molar-refractivity contribution in [1.82, 2.24) is 0 Å². The lowest BCUT2D eigenvalue weighted by Crippen LogP contribution is -2.54. The largest absolute Gasteiger partial charge is 0.508 e. The average molecular weight is 460 g/mol. The van der Waals surface area contributed by atoms with Gasteiger partial charge < -0.3 is 44.5 Å². The van der Waals surface area contributed by atoms with Gasteiger partial charge >= 0.3 is 0 Å². The quantitative estimate of drug-likeness (QED) is 0.453. The summed E-state index contributed by atoms with van der Waals surface area (Å²) in [4.78, 5) is 0. The van der Waals surface area contributed by atoms with E-state index in [2.05, 4.69) is 0 Å². The first-order valence-electron chi connectivity index (χ1n) is 11.0. The topological polar surface area (TPSA) is 138 Å². The molecule has 3 aliphatic rings. The maximum absolute atomic E-state index is 10.4. The smallest absolute Gasteiger partial charge is 0.228 e. The van der Waals surface area contributed by atoms with Crippen molar-refractivity contribution < 1.29 is 44.5 Å². The zero-order chi connectivity index (χ0) is 23.5. The van der Waals surface area contributed by atoms with Crippen LogP contribution in [-0.2, 0) is 17.6 Å². The zero-order valence-corrected chi connectivity index (χ0v) is 18.3. The molecule has 9 heteroatoms. The second kappa shape index (κ2) is 8.03. The normalized spacial score (nSPS) is 32.3. The van der Waals surface area contributed by atoms with Gasteiger partial charge in [-0.25, -0.2) is 0 Å². The van der Waals surface area contributed by atoms with Gasteiger partial charge in [0, 0.05) is 25.0 Å². The lowest BCUT2D eigenvalue weighted by Gasteiger charge is -2.37. The first-order valence-corrected chi connectivity index (χ1v) is 11.0. The van der Waals surface area contributed by atoms with Crippen LogP contribution in [0.4, 0.5) is 0 Å². The summed E-state index contributed by atoms with van der Waals surface area (Å²) in [5.41, 5.74) is 1.87. The molecule has 0 saturated carbocycles. The van der Waals surface area contributed by atoms with Gasteiger partial charge in [-0.2, -0.15) is 0 Å². The monoisotopic (exact) mass is 460 g/mol. The molecule has 3 aliphatic heterocycles. The molecule has 2 unspecified atom stereocenters. The van der Waals surface area contributed by atoms with E-state index in [0.717, 1.165) is 11.1 Å². The van der Waals surface area contributed by atoms with Crippen LogP contribution >= 0.6 is 0 Å². The Morgan fingerprint density at radius 2 is 1.67 bits per heavy atom. The molecule has 2 aromatic rings. The van der Waals surface area contributed by atoms with E-state index in [0.29, 0.717) is 29.9 Å². The van der Waals surface area contributed by atoms with E-state index >= 15 is 0 Å². The predicted octanol–water partition coefficient (Wildman–Crippen LogP) is 0.961. The van der Waals surface area contributed by atoms with E-state index in [4.69, 9.17) is 18.9 Å². The van der Waals surface area contributed by atoms with E-state index in [-0.39, 0.29) is 24.2 Å². The molecule has 0 aliphatic carbocycles. The number of hydrogen-bond donors (Lipinski definition) is 5. The summed E-state index contributed by atoms with van der Waals surface area (Å²) in [6, 6.07) is 8.45. The number of aliphatic hydroxyl groups is 4. The van der Waals surface area contributed by atoms with Gasteiger partial charge in [-0.15, -0.1) is 0 Å².